The summed E-state index contributed by atoms with van der Waals surface area (Å²) >= 11 is 6.21. The summed E-state index contributed by atoms with van der Waals surface area (Å²) in [7, 11) is 0. The molecule has 0 atom stereocenters. The number of halogens is 1. The van der Waals surface area contributed by atoms with Gasteiger partial charge in [0.2, 0.25) is 11.6 Å². The summed E-state index contributed by atoms with van der Waals surface area (Å²) in [5, 5.41) is 20.1. The number of hydrogen-bond acceptors (Lipinski definition) is 9. The first-order chi connectivity index (χ1) is 16.0. The van der Waals surface area contributed by atoms with E-state index in [0.29, 0.717) is 39.9 Å². The molecule has 33 heavy (non-hydrogen) atoms. The van der Waals surface area contributed by atoms with Crippen molar-refractivity contribution >= 4 is 29.0 Å². The fourth-order valence-electron chi connectivity index (χ4n) is 3.08. The molecular formula is C21H19ClN8O3. The molecule has 0 aliphatic carbocycles. The molecule has 11 nitrogen and oxygen atoms in total. The third kappa shape index (κ3) is 4.53. The highest BCUT2D eigenvalue weighted by Crippen LogP contribution is 2.29. The summed E-state index contributed by atoms with van der Waals surface area (Å²) in [6, 6.07) is 14.3. The Hall–Kier alpha value is -4.25. The van der Waals surface area contributed by atoms with Gasteiger partial charge in [-0.05, 0) is 42.4 Å². The summed E-state index contributed by atoms with van der Waals surface area (Å²) in [6.45, 7) is 4.08. The van der Waals surface area contributed by atoms with E-state index in [1.54, 1.807) is 43.3 Å². The van der Waals surface area contributed by atoms with Gasteiger partial charge >= 0.3 is 0 Å². The maximum absolute atomic E-state index is 13.0. The molecule has 2 heterocycles. The third-order valence-electron chi connectivity index (χ3n) is 4.59. The van der Waals surface area contributed by atoms with Crippen LogP contribution in [0.15, 0.2) is 58.3 Å². The molecule has 0 aliphatic heterocycles. The average molecular weight is 467 g/mol. The summed E-state index contributed by atoms with van der Waals surface area (Å²) in [5.74, 6) is 0.0863. The van der Waals surface area contributed by atoms with Crippen LogP contribution >= 0.6 is 11.6 Å². The highest BCUT2D eigenvalue weighted by molar-refractivity contribution is 6.34. The Morgan fingerprint density at radius 2 is 2.06 bits per heavy atom. The molecular weight excluding hydrogens is 448 g/mol. The van der Waals surface area contributed by atoms with Crippen LogP contribution in [0, 0.1) is 0 Å². The largest absolute Gasteiger partial charge is 0.494 e. The van der Waals surface area contributed by atoms with Crippen LogP contribution < -0.4 is 15.9 Å². The first-order valence-corrected chi connectivity index (χ1v) is 10.2. The fraction of sp³-hybridized carbons (Fsp3) is 0.143. The summed E-state index contributed by atoms with van der Waals surface area (Å²) in [6.07, 6.45) is 0. The molecule has 0 radical (unpaired) electrons. The van der Waals surface area contributed by atoms with Crippen molar-refractivity contribution in [1.82, 2.24) is 30.7 Å². The van der Waals surface area contributed by atoms with Crippen molar-refractivity contribution in [1.29, 1.82) is 0 Å². The number of aromatic nitrogens is 5. The molecule has 4 aromatic rings. The van der Waals surface area contributed by atoms with Crippen LogP contribution in [-0.4, -0.2) is 43.5 Å². The number of benzene rings is 2. The predicted molar refractivity (Wildman–Crippen MR) is 121 cm³/mol. The first kappa shape index (κ1) is 22.0. The highest BCUT2D eigenvalue weighted by Gasteiger charge is 2.25. The van der Waals surface area contributed by atoms with Gasteiger partial charge in [0.05, 0.1) is 12.3 Å². The Balaban J connectivity index is 1.74. The second-order valence-electron chi connectivity index (χ2n) is 6.75. The smallest absolute Gasteiger partial charge is 0.294 e. The molecule has 12 heteroatoms. The molecule has 0 unspecified atom stereocenters. The molecule has 0 aliphatic rings. The molecule has 2 aromatic carbocycles. The van der Waals surface area contributed by atoms with Gasteiger partial charge in [-0.2, -0.15) is 9.78 Å². The van der Waals surface area contributed by atoms with E-state index >= 15 is 0 Å². The molecule has 2 aromatic heterocycles. The van der Waals surface area contributed by atoms with Crippen molar-refractivity contribution in [3.05, 3.63) is 64.8 Å². The van der Waals surface area contributed by atoms with Crippen LogP contribution in [0.5, 0.6) is 5.75 Å². The second kappa shape index (κ2) is 9.49. The van der Waals surface area contributed by atoms with Crippen LogP contribution in [0.3, 0.4) is 0 Å². The van der Waals surface area contributed by atoms with Crippen LogP contribution in [0.1, 0.15) is 29.9 Å². The molecule has 0 saturated carbocycles. The van der Waals surface area contributed by atoms with E-state index in [0.717, 1.165) is 0 Å². The maximum atomic E-state index is 13.0. The molecule has 0 spiro atoms. The topological polar surface area (TPSA) is 146 Å². The molecule has 1 amide bonds. The van der Waals surface area contributed by atoms with Gasteiger partial charge in [0, 0.05) is 16.1 Å². The number of amides is 1. The predicted octanol–water partition coefficient (Wildman–Crippen LogP) is 3.11. The van der Waals surface area contributed by atoms with Crippen molar-refractivity contribution < 1.29 is 14.2 Å². The Labute approximate surface area is 193 Å². The number of nitrogens with one attached hydrogen (secondary N) is 1. The van der Waals surface area contributed by atoms with Crippen molar-refractivity contribution in [3.8, 4) is 22.8 Å². The number of nitrogens with zero attached hydrogens (tertiary/aromatic N) is 6. The number of anilines is 1. The van der Waals surface area contributed by atoms with Gasteiger partial charge in [0.1, 0.15) is 11.4 Å². The lowest BCUT2D eigenvalue weighted by molar-refractivity contribution is 0.0950. The lowest BCUT2D eigenvalue weighted by atomic mass is 10.1. The zero-order valence-corrected chi connectivity index (χ0v) is 18.4. The van der Waals surface area contributed by atoms with Gasteiger partial charge in [-0.15, -0.1) is 5.10 Å². The van der Waals surface area contributed by atoms with E-state index in [4.69, 9.17) is 22.1 Å². The van der Waals surface area contributed by atoms with Gasteiger partial charge in [-0.25, -0.2) is 10.1 Å². The van der Waals surface area contributed by atoms with E-state index < -0.39 is 5.91 Å². The van der Waals surface area contributed by atoms with Crippen LogP contribution in [0.25, 0.3) is 17.1 Å². The number of carbonyl (C=O) groups excluding carboxylic acids is 1. The Morgan fingerprint density at radius 3 is 2.79 bits per heavy atom. The van der Waals surface area contributed by atoms with Gasteiger partial charge in [0.15, 0.2) is 5.69 Å². The SMILES string of the molecule is CCOc1cccc(-c2c(C(=O)N/N=C(\C)c3ccccc3Cl)nnn2-c2nonc2N)c1. The minimum atomic E-state index is -0.598. The lowest BCUT2D eigenvalue weighted by Crippen LogP contribution is -2.21. The number of rotatable bonds is 7. The molecule has 0 fully saturated rings. The lowest BCUT2D eigenvalue weighted by Gasteiger charge is -2.09. The van der Waals surface area contributed by atoms with Gasteiger partial charge < -0.3 is 10.5 Å². The quantitative estimate of drug-likeness (QED) is 0.312. The number of carbonyl (C=O) groups is 1. The Morgan fingerprint density at radius 1 is 1.24 bits per heavy atom. The minimum absolute atomic E-state index is 0.0123. The first-order valence-electron chi connectivity index (χ1n) is 9.86. The van der Waals surface area contributed by atoms with Crippen LogP contribution in [-0.2, 0) is 0 Å². The second-order valence-corrected chi connectivity index (χ2v) is 7.16. The summed E-state index contributed by atoms with van der Waals surface area (Å²) < 4.78 is 11.5. The minimum Gasteiger partial charge on any atom is -0.494 e. The number of nitrogen functional groups attached to an aromatic ring is 1. The Kier molecular flexibility index (Phi) is 6.31. The third-order valence-corrected chi connectivity index (χ3v) is 4.92. The molecule has 4 rings (SSSR count). The average Bonchev–Trinajstić information content (AvgIpc) is 3.44. The zero-order valence-electron chi connectivity index (χ0n) is 17.7. The van der Waals surface area contributed by atoms with E-state index in [9.17, 15) is 4.79 Å². The molecule has 168 valence electrons. The normalized spacial score (nSPS) is 11.4. The van der Waals surface area contributed by atoms with E-state index in [1.807, 2.05) is 19.1 Å². The number of hydrazone groups is 1. The van der Waals surface area contributed by atoms with Gasteiger partial charge in [0.25, 0.3) is 5.91 Å². The van der Waals surface area contributed by atoms with Crippen molar-refractivity contribution in [2.75, 3.05) is 12.3 Å². The van der Waals surface area contributed by atoms with Crippen molar-refractivity contribution in [3.63, 3.8) is 0 Å². The van der Waals surface area contributed by atoms with Gasteiger partial charge in [-0.3, -0.25) is 4.79 Å². The fourth-order valence-corrected chi connectivity index (χ4v) is 3.35. The number of hydrogen-bond donors (Lipinski definition) is 2. The molecule has 0 saturated heterocycles. The highest BCUT2D eigenvalue weighted by atomic mass is 35.5. The van der Waals surface area contributed by atoms with Crippen molar-refractivity contribution in [2.24, 2.45) is 5.10 Å². The summed E-state index contributed by atoms with van der Waals surface area (Å²) in [5.41, 5.74) is 10.4. The van der Waals surface area contributed by atoms with Crippen LogP contribution in [0.4, 0.5) is 5.82 Å². The van der Waals surface area contributed by atoms with Crippen LogP contribution in [0.2, 0.25) is 5.02 Å². The summed E-state index contributed by atoms with van der Waals surface area (Å²) in [4.78, 5) is 13.0. The van der Waals surface area contributed by atoms with E-state index in [-0.39, 0.29) is 17.3 Å². The van der Waals surface area contributed by atoms with E-state index in [2.05, 4.69) is 35.8 Å². The van der Waals surface area contributed by atoms with Gasteiger partial charge in [-0.1, -0.05) is 47.1 Å². The Bertz CT molecular complexity index is 1330. The zero-order chi connectivity index (χ0) is 23.4. The van der Waals surface area contributed by atoms with Crippen molar-refractivity contribution in [2.45, 2.75) is 13.8 Å². The molecule has 3 N–H and O–H groups in total. The maximum Gasteiger partial charge on any atom is 0.294 e. The number of nitrogens with two attached hydrogens (primary N) is 1. The number of ether oxygens (including phenoxy) is 1. The monoisotopic (exact) mass is 466 g/mol. The van der Waals surface area contributed by atoms with E-state index in [1.165, 1.54) is 4.68 Å². The standard InChI is InChI=1S/C21H19ClN8O3/c1-3-32-14-8-6-7-13(11-14)18-17(25-29-30(18)20-19(23)27-33-28-20)21(31)26-24-12(2)15-9-4-5-10-16(15)22/h4-11H,3H2,1-2H3,(H2,23,27)(H,26,31)/b24-12+. The molecule has 0 bridgehead atoms.